The molecule has 1 rings (SSSR count). The largest absolute Gasteiger partial charge is 0.462 e. The minimum Gasteiger partial charge on any atom is -0.462 e. The maximum absolute atomic E-state index is 11.3. The van der Waals surface area contributed by atoms with Gasteiger partial charge in [0.05, 0.1) is 6.61 Å². The highest BCUT2D eigenvalue weighted by molar-refractivity contribution is 6.85. The molecule has 1 aliphatic rings. The SMILES string of the molecule is C=C(C)C(=O)OCCCC1CC[SiH](C(C)[Si](C)(C)O)CC1. The fourth-order valence-corrected chi connectivity index (χ4v) is 11.9. The molecule has 0 radical (unpaired) electrons. The lowest BCUT2D eigenvalue weighted by Crippen LogP contribution is -2.41. The summed E-state index contributed by atoms with van der Waals surface area (Å²) in [5.74, 6) is 0.531. The zero-order valence-corrected chi connectivity index (χ0v) is 16.3. The Morgan fingerprint density at radius 3 is 2.48 bits per heavy atom. The Bertz CT molecular complexity index is 355. The van der Waals surface area contributed by atoms with Crippen LogP contribution in [-0.4, -0.2) is 34.5 Å². The normalized spacial score (nSPS) is 24.4. The average Bonchev–Trinajstić information content (AvgIpc) is 2.42. The second-order valence-corrected chi connectivity index (χ2v) is 15.8. The van der Waals surface area contributed by atoms with E-state index in [9.17, 15) is 9.59 Å². The van der Waals surface area contributed by atoms with Crippen LogP contribution in [0.3, 0.4) is 0 Å². The topological polar surface area (TPSA) is 46.5 Å². The number of hydrogen-bond donors (Lipinski definition) is 1. The highest BCUT2D eigenvalue weighted by atomic mass is 28.4. The van der Waals surface area contributed by atoms with E-state index in [2.05, 4.69) is 26.6 Å². The van der Waals surface area contributed by atoms with Crippen molar-refractivity contribution >= 4 is 23.1 Å². The summed E-state index contributed by atoms with van der Waals surface area (Å²) in [5.41, 5.74) is 0.478. The molecule has 1 heterocycles. The van der Waals surface area contributed by atoms with E-state index >= 15 is 0 Å². The molecular formula is C16H32O3Si2. The molecule has 21 heavy (non-hydrogen) atoms. The molecule has 0 aromatic carbocycles. The molecule has 3 nitrogen and oxygen atoms in total. The molecule has 0 spiro atoms. The maximum Gasteiger partial charge on any atom is 0.333 e. The van der Waals surface area contributed by atoms with E-state index in [1.165, 1.54) is 31.4 Å². The predicted molar refractivity (Wildman–Crippen MR) is 93.6 cm³/mol. The van der Waals surface area contributed by atoms with Crippen LogP contribution in [0, 0.1) is 5.92 Å². The minimum atomic E-state index is -1.93. The van der Waals surface area contributed by atoms with Crippen molar-refractivity contribution in [2.75, 3.05) is 6.61 Å². The van der Waals surface area contributed by atoms with Crippen LogP contribution >= 0.6 is 0 Å². The van der Waals surface area contributed by atoms with Crippen LogP contribution in [0.5, 0.6) is 0 Å². The lowest BCUT2D eigenvalue weighted by molar-refractivity contribution is -0.139. The molecule has 0 aromatic rings. The van der Waals surface area contributed by atoms with Crippen LogP contribution in [0.25, 0.3) is 0 Å². The summed E-state index contributed by atoms with van der Waals surface area (Å²) in [5, 5.41) is 0.634. The van der Waals surface area contributed by atoms with E-state index < -0.39 is 17.1 Å². The molecule has 0 saturated carbocycles. The highest BCUT2D eigenvalue weighted by Gasteiger charge is 2.35. The summed E-state index contributed by atoms with van der Waals surface area (Å²) in [6.45, 7) is 12.3. The second kappa shape index (κ2) is 8.29. The highest BCUT2D eigenvalue weighted by Crippen LogP contribution is 2.36. The van der Waals surface area contributed by atoms with Crippen LogP contribution in [0.4, 0.5) is 0 Å². The first kappa shape index (κ1) is 18.7. The zero-order valence-electron chi connectivity index (χ0n) is 14.2. The molecule has 5 heteroatoms. The third kappa shape index (κ3) is 6.49. The van der Waals surface area contributed by atoms with Crippen molar-refractivity contribution in [2.45, 2.75) is 69.9 Å². The van der Waals surface area contributed by atoms with Crippen molar-refractivity contribution in [3.63, 3.8) is 0 Å². The van der Waals surface area contributed by atoms with Gasteiger partial charge in [0.25, 0.3) is 0 Å². The Hall–Kier alpha value is -0.396. The average molecular weight is 329 g/mol. The molecule has 1 aliphatic heterocycles. The fourth-order valence-electron chi connectivity index (χ4n) is 3.21. The van der Waals surface area contributed by atoms with Crippen LogP contribution in [0.15, 0.2) is 12.2 Å². The molecule has 122 valence electrons. The number of carbonyl (C=O) groups is 1. The van der Waals surface area contributed by atoms with Gasteiger partial charge in [-0.3, -0.25) is 0 Å². The van der Waals surface area contributed by atoms with Crippen molar-refractivity contribution in [3.8, 4) is 0 Å². The van der Waals surface area contributed by atoms with Gasteiger partial charge in [-0.1, -0.05) is 38.4 Å². The van der Waals surface area contributed by atoms with Gasteiger partial charge >= 0.3 is 5.97 Å². The number of rotatable bonds is 7. The van der Waals surface area contributed by atoms with Gasteiger partial charge in [-0.25, -0.2) is 4.79 Å². The third-order valence-corrected chi connectivity index (χ3v) is 14.7. The Balaban J connectivity index is 2.19. The summed E-state index contributed by atoms with van der Waals surface area (Å²) in [6, 6.07) is 2.77. The van der Waals surface area contributed by atoms with E-state index in [0.29, 0.717) is 17.3 Å². The summed E-state index contributed by atoms with van der Waals surface area (Å²) < 4.78 is 5.14. The summed E-state index contributed by atoms with van der Waals surface area (Å²) >= 11 is 0. The van der Waals surface area contributed by atoms with E-state index in [1.54, 1.807) is 6.92 Å². The van der Waals surface area contributed by atoms with Crippen LogP contribution in [0.1, 0.15) is 39.5 Å². The standard InChI is InChI=1S/C16H32O3Si2/c1-13(2)16(17)19-10-6-7-15-8-11-20(12-9-15)14(3)21(4,5)18/h14-15,18,20H,1,6-12H2,2-5H3. The summed E-state index contributed by atoms with van der Waals surface area (Å²) in [4.78, 5) is 21.6. The van der Waals surface area contributed by atoms with Crippen LogP contribution < -0.4 is 0 Å². The lowest BCUT2D eigenvalue weighted by atomic mass is 9.97. The van der Waals surface area contributed by atoms with Crippen LogP contribution in [-0.2, 0) is 9.53 Å². The quantitative estimate of drug-likeness (QED) is 0.336. The van der Waals surface area contributed by atoms with Crippen molar-refractivity contribution in [1.82, 2.24) is 0 Å². The Morgan fingerprint density at radius 2 is 2.00 bits per heavy atom. The molecule has 1 atom stereocenters. The predicted octanol–water partition coefficient (Wildman–Crippen LogP) is 3.65. The number of hydrogen-bond acceptors (Lipinski definition) is 3. The van der Waals surface area contributed by atoms with Crippen molar-refractivity contribution in [2.24, 2.45) is 5.92 Å². The van der Waals surface area contributed by atoms with E-state index in [1.807, 2.05) is 0 Å². The van der Waals surface area contributed by atoms with Crippen molar-refractivity contribution in [3.05, 3.63) is 12.2 Å². The summed E-state index contributed by atoms with van der Waals surface area (Å²) in [7, 11) is -2.67. The minimum absolute atomic E-state index is 0.268. The van der Waals surface area contributed by atoms with Crippen molar-refractivity contribution in [1.29, 1.82) is 0 Å². The smallest absolute Gasteiger partial charge is 0.333 e. The first-order valence-corrected chi connectivity index (χ1v) is 13.6. The molecule has 1 unspecified atom stereocenters. The second-order valence-electron chi connectivity index (χ2n) is 7.28. The Morgan fingerprint density at radius 1 is 1.43 bits per heavy atom. The third-order valence-electron chi connectivity index (χ3n) is 5.05. The fraction of sp³-hybridized carbons (Fsp3) is 0.812. The Kier molecular flexibility index (Phi) is 7.37. The van der Waals surface area contributed by atoms with E-state index in [0.717, 1.165) is 12.3 Å². The van der Waals surface area contributed by atoms with Gasteiger partial charge in [0.1, 0.15) is 0 Å². The molecular weight excluding hydrogens is 296 g/mol. The van der Waals surface area contributed by atoms with Gasteiger partial charge in [0.2, 0.25) is 0 Å². The molecule has 0 aromatic heterocycles. The molecule has 1 saturated heterocycles. The van der Waals surface area contributed by atoms with E-state index in [-0.39, 0.29) is 5.97 Å². The van der Waals surface area contributed by atoms with Gasteiger partial charge < -0.3 is 9.53 Å². The van der Waals surface area contributed by atoms with Gasteiger partial charge in [-0.2, -0.15) is 0 Å². The summed E-state index contributed by atoms with van der Waals surface area (Å²) in [6.07, 6.45) is 4.77. The molecule has 1 N–H and O–H groups in total. The molecule has 0 aliphatic carbocycles. The van der Waals surface area contributed by atoms with Gasteiger partial charge in [-0.15, -0.1) is 0 Å². The first-order chi connectivity index (χ1) is 9.71. The van der Waals surface area contributed by atoms with Gasteiger partial charge in [-0.05, 0) is 43.9 Å². The Labute approximate surface area is 132 Å². The number of carbonyl (C=O) groups excluding carboxylic acids is 1. The molecule has 1 fully saturated rings. The van der Waals surface area contributed by atoms with Crippen LogP contribution in [0.2, 0.25) is 30.3 Å². The lowest BCUT2D eigenvalue weighted by Gasteiger charge is -2.35. The molecule has 0 bridgehead atoms. The van der Waals surface area contributed by atoms with Crippen molar-refractivity contribution < 1.29 is 14.3 Å². The van der Waals surface area contributed by atoms with Gasteiger partial charge in [0.15, 0.2) is 8.32 Å². The zero-order chi connectivity index (χ0) is 16.0. The van der Waals surface area contributed by atoms with E-state index in [4.69, 9.17) is 4.74 Å². The monoisotopic (exact) mass is 328 g/mol. The van der Waals surface area contributed by atoms with Gasteiger partial charge in [0, 0.05) is 14.4 Å². The first-order valence-electron chi connectivity index (χ1n) is 8.26. The number of esters is 1. The maximum atomic E-state index is 11.3. The molecule has 0 amide bonds. The number of ether oxygens (including phenoxy) is 1.